The molecule has 2 aromatic rings. The van der Waals surface area contributed by atoms with E-state index in [-0.39, 0.29) is 3.42 Å². The second-order valence-corrected chi connectivity index (χ2v) is 8.98. The molecular formula is C21H23IN2O. The first kappa shape index (κ1) is 18.2. The van der Waals surface area contributed by atoms with Crippen molar-refractivity contribution in [2.24, 2.45) is 0 Å². The van der Waals surface area contributed by atoms with Gasteiger partial charge in [-0.1, -0.05) is 59.0 Å². The second-order valence-electron chi connectivity index (χ2n) is 6.69. The highest BCUT2D eigenvalue weighted by atomic mass is 127. The van der Waals surface area contributed by atoms with Crippen molar-refractivity contribution in [3.8, 4) is 22.9 Å². The van der Waals surface area contributed by atoms with Gasteiger partial charge in [0.1, 0.15) is 5.75 Å². The van der Waals surface area contributed by atoms with Crippen molar-refractivity contribution in [1.29, 1.82) is 5.26 Å². The number of methoxy groups -OCH3 is 1. The van der Waals surface area contributed by atoms with E-state index >= 15 is 0 Å². The van der Waals surface area contributed by atoms with Gasteiger partial charge in [0.05, 0.1) is 13.2 Å². The molecule has 3 rings (SSSR count). The van der Waals surface area contributed by atoms with Gasteiger partial charge in [0.2, 0.25) is 0 Å². The largest absolute Gasteiger partial charge is 0.497 e. The lowest BCUT2D eigenvalue weighted by Crippen LogP contribution is -2.40. The third kappa shape index (κ3) is 4.74. The Labute approximate surface area is 163 Å². The van der Waals surface area contributed by atoms with Crippen LogP contribution in [-0.4, -0.2) is 28.5 Å². The predicted molar refractivity (Wildman–Crippen MR) is 110 cm³/mol. The van der Waals surface area contributed by atoms with Crippen molar-refractivity contribution < 1.29 is 4.74 Å². The maximum Gasteiger partial charge on any atom is 0.119 e. The van der Waals surface area contributed by atoms with Gasteiger partial charge < -0.3 is 4.74 Å². The van der Waals surface area contributed by atoms with Crippen molar-refractivity contribution >= 4 is 22.6 Å². The molecule has 0 saturated carbocycles. The van der Waals surface area contributed by atoms with Gasteiger partial charge in [0.15, 0.2) is 0 Å². The number of hydrogen-bond acceptors (Lipinski definition) is 3. The van der Waals surface area contributed by atoms with E-state index in [1.807, 2.05) is 12.1 Å². The monoisotopic (exact) mass is 446 g/mol. The van der Waals surface area contributed by atoms with Crippen LogP contribution in [0.5, 0.6) is 5.75 Å². The first-order chi connectivity index (χ1) is 12.1. The van der Waals surface area contributed by atoms with Crippen LogP contribution < -0.4 is 4.74 Å². The third-order valence-corrected chi connectivity index (χ3v) is 6.37. The number of likely N-dealkylation sites (tertiary alicyclic amines) is 1. The zero-order chi connectivity index (χ0) is 17.7. The summed E-state index contributed by atoms with van der Waals surface area (Å²) in [4.78, 5) is 2.49. The zero-order valence-corrected chi connectivity index (χ0v) is 16.7. The van der Waals surface area contributed by atoms with Crippen LogP contribution in [0.15, 0.2) is 48.5 Å². The van der Waals surface area contributed by atoms with Gasteiger partial charge in [-0.25, -0.2) is 0 Å². The molecule has 2 aromatic carbocycles. The fraction of sp³-hybridized carbons (Fsp3) is 0.381. The lowest BCUT2D eigenvalue weighted by Gasteiger charge is -2.36. The molecule has 1 aliphatic rings. The average Bonchev–Trinajstić information content (AvgIpc) is 2.65. The Morgan fingerprint density at radius 2 is 1.84 bits per heavy atom. The first-order valence-electron chi connectivity index (χ1n) is 8.63. The Morgan fingerprint density at radius 3 is 2.48 bits per heavy atom. The maximum absolute atomic E-state index is 8.96. The summed E-state index contributed by atoms with van der Waals surface area (Å²) in [6.45, 7) is 3.13. The quantitative estimate of drug-likeness (QED) is 0.477. The topological polar surface area (TPSA) is 36.3 Å². The number of benzene rings is 2. The molecule has 3 nitrogen and oxygen atoms in total. The molecule has 130 valence electrons. The van der Waals surface area contributed by atoms with E-state index < -0.39 is 0 Å². The van der Waals surface area contributed by atoms with Crippen LogP contribution in [0, 0.1) is 11.3 Å². The molecule has 0 bridgehead atoms. The minimum absolute atomic E-state index is 0.180. The highest BCUT2D eigenvalue weighted by Crippen LogP contribution is 2.35. The van der Waals surface area contributed by atoms with Crippen LogP contribution in [0.1, 0.15) is 24.8 Å². The predicted octanol–water partition coefficient (Wildman–Crippen LogP) is 5.05. The Morgan fingerprint density at radius 1 is 1.12 bits per heavy atom. The van der Waals surface area contributed by atoms with E-state index in [0.717, 1.165) is 38.2 Å². The number of ether oxygens (including phenoxy) is 1. The highest BCUT2D eigenvalue weighted by molar-refractivity contribution is 14.1. The molecule has 0 atom stereocenters. The highest BCUT2D eigenvalue weighted by Gasteiger charge is 2.31. The summed E-state index contributed by atoms with van der Waals surface area (Å²) in [7, 11) is 1.70. The Hall–Kier alpha value is -1.58. The van der Waals surface area contributed by atoms with Gasteiger partial charge in [-0.2, -0.15) is 5.26 Å². The summed E-state index contributed by atoms with van der Waals surface area (Å²) < 4.78 is 5.49. The van der Waals surface area contributed by atoms with Gasteiger partial charge in [-0.15, -0.1) is 0 Å². The summed E-state index contributed by atoms with van der Waals surface area (Å²) in [5.41, 5.74) is 3.73. The third-order valence-electron chi connectivity index (χ3n) is 4.91. The van der Waals surface area contributed by atoms with Crippen LogP contribution in [0.25, 0.3) is 11.1 Å². The van der Waals surface area contributed by atoms with Crippen molar-refractivity contribution in [3.05, 3.63) is 54.1 Å². The van der Waals surface area contributed by atoms with E-state index in [1.165, 1.54) is 16.7 Å². The molecule has 1 saturated heterocycles. The fourth-order valence-corrected chi connectivity index (χ4v) is 3.95. The van der Waals surface area contributed by atoms with Gasteiger partial charge >= 0.3 is 0 Å². The minimum Gasteiger partial charge on any atom is -0.497 e. The van der Waals surface area contributed by atoms with Crippen LogP contribution in [-0.2, 0) is 6.54 Å². The van der Waals surface area contributed by atoms with Crippen molar-refractivity contribution in [2.75, 3.05) is 20.2 Å². The average molecular weight is 446 g/mol. The molecule has 0 aromatic heterocycles. The van der Waals surface area contributed by atoms with E-state index in [1.54, 1.807) is 7.11 Å². The van der Waals surface area contributed by atoms with E-state index in [4.69, 9.17) is 10.00 Å². The first-order valence-corrected chi connectivity index (χ1v) is 9.71. The molecule has 0 spiro atoms. The number of halogens is 1. The van der Waals surface area contributed by atoms with Gasteiger partial charge in [0, 0.05) is 16.4 Å². The molecule has 1 aliphatic heterocycles. The van der Waals surface area contributed by atoms with Gasteiger partial charge in [0.25, 0.3) is 0 Å². The molecule has 25 heavy (non-hydrogen) atoms. The molecular weight excluding hydrogens is 423 g/mol. The molecule has 0 radical (unpaired) electrons. The maximum atomic E-state index is 8.96. The van der Waals surface area contributed by atoms with Crippen LogP contribution in [0.2, 0.25) is 0 Å². The standard InChI is InChI=1S/C21H23IN2O/c1-25-20-4-2-3-19(15-20)18-7-5-17(6-8-18)16-24-13-10-21(22,9-12-23)11-14-24/h2-8,15H,9-11,13-14,16H2,1H3. The minimum atomic E-state index is 0.180. The normalized spacial score (nSPS) is 17.0. The van der Waals surface area contributed by atoms with Gasteiger partial charge in [-0.05, 0) is 54.8 Å². The van der Waals surface area contributed by atoms with Crippen molar-refractivity contribution in [2.45, 2.75) is 29.2 Å². The van der Waals surface area contributed by atoms with Gasteiger partial charge in [-0.3, -0.25) is 4.90 Å². The summed E-state index contributed by atoms with van der Waals surface area (Å²) in [6.07, 6.45) is 2.86. The van der Waals surface area contributed by atoms with Crippen molar-refractivity contribution in [1.82, 2.24) is 4.90 Å². The number of alkyl halides is 1. The summed E-state index contributed by atoms with van der Waals surface area (Å²) in [5.74, 6) is 0.884. The molecule has 0 unspecified atom stereocenters. The SMILES string of the molecule is COc1cccc(-c2ccc(CN3CCC(I)(CC#N)CC3)cc2)c1. The van der Waals surface area contributed by atoms with E-state index in [2.05, 4.69) is 70.0 Å². The lowest BCUT2D eigenvalue weighted by atomic mass is 9.93. The molecule has 4 heteroatoms. The number of hydrogen-bond donors (Lipinski definition) is 0. The number of piperidine rings is 1. The second kappa shape index (κ2) is 8.20. The van der Waals surface area contributed by atoms with Crippen LogP contribution >= 0.6 is 22.6 Å². The number of nitriles is 1. The Kier molecular flexibility index (Phi) is 5.98. The smallest absolute Gasteiger partial charge is 0.119 e. The Balaban J connectivity index is 1.61. The van der Waals surface area contributed by atoms with Crippen LogP contribution in [0.3, 0.4) is 0 Å². The van der Waals surface area contributed by atoms with Crippen molar-refractivity contribution in [3.63, 3.8) is 0 Å². The lowest BCUT2D eigenvalue weighted by molar-refractivity contribution is 0.199. The molecule has 0 amide bonds. The number of nitrogens with zero attached hydrogens (tertiary/aromatic N) is 2. The van der Waals surface area contributed by atoms with Crippen LogP contribution in [0.4, 0.5) is 0 Å². The fourth-order valence-electron chi connectivity index (χ4n) is 3.29. The summed E-state index contributed by atoms with van der Waals surface area (Å²) >= 11 is 2.49. The molecule has 0 N–H and O–H groups in total. The van der Waals surface area contributed by atoms with E-state index in [9.17, 15) is 0 Å². The van der Waals surface area contributed by atoms with E-state index in [0.29, 0.717) is 6.42 Å². The summed E-state index contributed by atoms with van der Waals surface area (Å²) in [5, 5.41) is 8.96. The molecule has 0 aliphatic carbocycles. The Bertz CT molecular complexity index is 743. The molecule has 1 heterocycles. The number of rotatable bonds is 5. The molecule has 1 fully saturated rings. The summed E-state index contributed by atoms with van der Waals surface area (Å²) in [6, 6.07) is 19.3. The zero-order valence-electron chi connectivity index (χ0n) is 14.5.